The molecule has 1 aliphatic carbocycles. The first-order valence-electron chi connectivity index (χ1n) is 10.9. The number of rotatable bonds is 4. The van der Waals surface area contributed by atoms with E-state index in [9.17, 15) is 9.90 Å². The molecule has 3 aliphatic rings. The van der Waals surface area contributed by atoms with Crippen LogP contribution in [0.15, 0.2) is 22.7 Å². The Morgan fingerprint density at radius 3 is 2.83 bits per heavy atom. The van der Waals surface area contributed by atoms with Gasteiger partial charge >= 0.3 is 0 Å². The van der Waals surface area contributed by atoms with Crippen molar-refractivity contribution in [3.05, 3.63) is 46.3 Å². The zero-order chi connectivity index (χ0) is 20.7. The first-order valence-corrected chi connectivity index (χ1v) is 10.9. The summed E-state index contributed by atoms with van der Waals surface area (Å²) in [6, 6.07) is 6.41. The van der Waals surface area contributed by atoms with Gasteiger partial charge in [-0.05, 0) is 68.7 Å². The second-order valence-electron chi connectivity index (χ2n) is 8.60. The molecule has 7 heteroatoms. The van der Waals surface area contributed by atoms with Crippen molar-refractivity contribution in [1.82, 2.24) is 10.1 Å². The van der Waals surface area contributed by atoms with Crippen LogP contribution in [0.5, 0.6) is 5.75 Å². The number of aryl methyl sites for hydroxylation is 1. The Morgan fingerprint density at radius 1 is 1.33 bits per heavy atom. The van der Waals surface area contributed by atoms with Gasteiger partial charge in [-0.15, -0.1) is 0 Å². The van der Waals surface area contributed by atoms with Gasteiger partial charge in [0.2, 0.25) is 0 Å². The molecule has 1 aromatic heterocycles. The van der Waals surface area contributed by atoms with E-state index in [1.807, 2.05) is 0 Å². The van der Waals surface area contributed by atoms with Crippen molar-refractivity contribution < 1.29 is 23.9 Å². The van der Waals surface area contributed by atoms with Gasteiger partial charge in [-0.2, -0.15) is 0 Å². The molecule has 5 rings (SSSR count). The molecular weight excluding hydrogens is 384 g/mol. The number of benzene rings is 1. The Balaban J connectivity index is 1.31. The van der Waals surface area contributed by atoms with E-state index in [4.69, 9.17) is 14.0 Å². The topological polar surface area (TPSA) is 85.0 Å². The zero-order valence-corrected chi connectivity index (χ0v) is 17.4. The van der Waals surface area contributed by atoms with Gasteiger partial charge in [-0.3, -0.25) is 4.79 Å². The molecule has 2 aliphatic heterocycles. The van der Waals surface area contributed by atoms with Crippen LogP contribution in [0.2, 0.25) is 0 Å². The first-order chi connectivity index (χ1) is 14.6. The lowest BCUT2D eigenvalue weighted by molar-refractivity contribution is -0.0936. The maximum absolute atomic E-state index is 12.9. The Bertz CT molecular complexity index is 941. The number of aromatic nitrogens is 1. The van der Waals surface area contributed by atoms with Crippen LogP contribution in [0.3, 0.4) is 0 Å². The first kappa shape index (κ1) is 19.6. The lowest BCUT2D eigenvalue weighted by Gasteiger charge is -2.45. The molecule has 0 bridgehead atoms. The van der Waals surface area contributed by atoms with Gasteiger partial charge in [-0.25, -0.2) is 0 Å². The van der Waals surface area contributed by atoms with E-state index in [-0.39, 0.29) is 23.8 Å². The van der Waals surface area contributed by atoms with Crippen molar-refractivity contribution >= 4 is 5.91 Å². The highest BCUT2D eigenvalue weighted by Crippen LogP contribution is 2.43. The average molecular weight is 412 g/mol. The third-order valence-corrected chi connectivity index (χ3v) is 6.88. The van der Waals surface area contributed by atoms with Gasteiger partial charge in [0.05, 0.1) is 30.5 Å². The van der Waals surface area contributed by atoms with Crippen molar-refractivity contribution in [2.45, 2.75) is 63.8 Å². The lowest BCUT2D eigenvalue weighted by Crippen LogP contribution is -2.48. The van der Waals surface area contributed by atoms with Gasteiger partial charge in [0.1, 0.15) is 11.5 Å². The fraction of sp³-hybridized carbons (Fsp3) is 0.565. The summed E-state index contributed by atoms with van der Waals surface area (Å²) < 4.78 is 17.5. The zero-order valence-electron chi connectivity index (χ0n) is 17.4. The fourth-order valence-electron chi connectivity index (χ4n) is 4.79. The van der Waals surface area contributed by atoms with Crippen LogP contribution in [0.1, 0.15) is 65.0 Å². The third-order valence-electron chi connectivity index (χ3n) is 6.88. The molecule has 1 N–H and O–H groups in total. The molecule has 30 heavy (non-hydrogen) atoms. The molecule has 2 aromatic rings. The summed E-state index contributed by atoms with van der Waals surface area (Å²) in [4.78, 5) is 14.7. The number of hydrogen-bond donors (Lipinski definition) is 1. The number of aliphatic hydroxyl groups excluding tert-OH is 1. The summed E-state index contributed by atoms with van der Waals surface area (Å²) in [5, 5.41) is 13.4. The molecule has 2 fully saturated rings. The van der Waals surface area contributed by atoms with Crippen molar-refractivity contribution in [3.8, 4) is 5.75 Å². The highest BCUT2D eigenvalue weighted by Gasteiger charge is 2.42. The third kappa shape index (κ3) is 3.30. The summed E-state index contributed by atoms with van der Waals surface area (Å²) >= 11 is 0. The molecule has 1 amide bonds. The molecule has 1 spiro atoms. The van der Waals surface area contributed by atoms with Crippen LogP contribution in [-0.2, 0) is 23.4 Å². The number of nitrogens with zero attached hydrogens (tertiary/aromatic N) is 2. The SMILES string of the molecule is Cc1onc(C(=O)N2CCC3(CC2)OCCc2cc(OC4CCC4)ccc23)c1CO. The van der Waals surface area contributed by atoms with E-state index in [1.165, 1.54) is 17.5 Å². The van der Waals surface area contributed by atoms with E-state index in [1.54, 1.807) is 11.8 Å². The van der Waals surface area contributed by atoms with Crippen molar-refractivity contribution in [2.24, 2.45) is 0 Å². The van der Waals surface area contributed by atoms with Crippen LogP contribution < -0.4 is 4.74 Å². The molecule has 0 unspecified atom stereocenters. The van der Waals surface area contributed by atoms with Crippen LogP contribution >= 0.6 is 0 Å². The Kier molecular flexibility index (Phi) is 5.03. The summed E-state index contributed by atoms with van der Waals surface area (Å²) in [6.07, 6.45) is 6.29. The molecule has 3 heterocycles. The minimum Gasteiger partial charge on any atom is -0.490 e. The summed E-state index contributed by atoms with van der Waals surface area (Å²) in [5.41, 5.74) is 2.87. The second-order valence-corrected chi connectivity index (χ2v) is 8.60. The normalized spacial score (nSPS) is 20.7. The molecule has 7 nitrogen and oxygen atoms in total. The number of carbonyl (C=O) groups excluding carboxylic acids is 1. The van der Waals surface area contributed by atoms with Crippen LogP contribution in [0, 0.1) is 6.92 Å². The van der Waals surface area contributed by atoms with E-state index < -0.39 is 0 Å². The predicted octanol–water partition coefficient (Wildman–Crippen LogP) is 3.11. The predicted molar refractivity (Wildman–Crippen MR) is 108 cm³/mol. The second kappa shape index (κ2) is 7.71. The van der Waals surface area contributed by atoms with E-state index >= 15 is 0 Å². The van der Waals surface area contributed by atoms with Crippen LogP contribution in [0.4, 0.5) is 0 Å². The number of hydrogen-bond acceptors (Lipinski definition) is 6. The summed E-state index contributed by atoms with van der Waals surface area (Å²) in [6.45, 7) is 3.29. The van der Waals surface area contributed by atoms with E-state index in [2.05, 4.69) is 23.4 Å². The number of aliphatic hydroxyl groups is 1. The maximum atomic E-state index is 12.9. The molecule has 160 valence electrons. The molecule has 0 radical (unpaired) electrons. The molecule has 0 atom stereocenters. The largest absolute Gasteiger partial charge is 0.490 e. The quantitative estimate of drug-likeness (QED) is 0.831. The number of likely N-dealkylation sites (tertiary alicyclic amines) is 1. The van der Waals surface area contributed by atoms with Gasteiger partial charge in [0.25, 0.3) is 5.91 Å². The number of piperidine rings is 1. The summed E-state index contributed by atoms with van der Waals surface area (Å²) in [5.74, 6) is 1.26. The molecule has 1 saturated carbocycles. The van der Waals surface area contributed by atoms with E-state index in [0.29, 0.717) is 37.1 Å². The van der Waals surface area contributed by atoms with Gasteiger partial charge in [-0.1, -0.05) is 11.2 Å². The van der Waals surface area contributed by atoms with Crippen LogP contribution in [-0.4, -0.2) is 46.9 Å². The highest BCUT2D eigenvalue weighted by atomic mass is 16.5. The van der Waals surface area contributed by atoms with Gasteiger partial charge in [0, 0.05) is 13.1 Å². The van der Waals surface area contributed by atoms with Gasteiger partial charge < -0.3 is 24.0 Å². The molecular formula is C23H28N2O5. The van der Waals surface area contributed by atoms with Crippen LogP contribution in [0.25, 0.3) is 0 Å². The summed E-state index contributed by atoms with van der Waals surface area (Å²) in [7, 11) is 0. The maximum Gasteiger partial charge on any atom is 0.276 e. The number of ether oxygens (including phenoxy) is 2. The highest BCUT2D eigenvalue weighted by molar-refractivity contribution is 5.93. The number of amides is 1. The Hall–Kier alpha value is -2.38. The van der Waals surface area contributed by atoms with Crippen molar-refractivity contribution in [1.29, 1.82) is 0 Å². The Morgan fingerprint density at radius 2 is 2.13 bits per heavy atom. The minimum atomic E-state index is -0.348. The monoisotopic (exact) mass is 412 g/mol. The average Bonchev–Trinajstić information content (AvgIpc) is 3.11. The van der Waals surface area contributed by atoms with Gasteiger partial charge in [0.15, 0.2) is 5.69 Å². The molecule has 1 aromatic carbocycles. The number of carbonyl (C=O) groups is 1. The lowest BCUT2D eigenvalue weighted by atomic mass is 9.79. The Labute approximate surface area is 175 Å². The van der Waals surface area contributed by atoms with E-state index in [0.717, 1.165) is 37.9 Å². The minimum absolute atomic E-state index is 0.189. The van der Waals surface area contributed by atoms with Crippen molar-refractivity contribution in [2.75, 3.05) is 19.7 Å². The van der Waals surface area contributed by atoms with Crippen molar-refractivity contribution in [3.63, 3.8) is 0 Å². The smallest absolute Gasteiger partial charge is 0.276 e. The standard InChI is InChI=1S/C23H28N2O5/c1-15-19(14-26)21(24-30-15)22(27)25-10-8-23(9-11-25)20-6-5-18(29-17-3-2-4-17)13-16(20)7-12-28-23/h5-6,13,17,26H,2-4,7-12,14H2,1H3. The molecule has 1 saturated heterocycles. The fourth-order valence-corrected chi connectivity index (χ4v) is 4.79. The number of fused-ring (bicyclic) bond motifs is 2.